The second-order valence-electron chi connectivity index (χ2n) is 8.16. The molecule has 3 fully saturated rings. The third kappa shape index (κ3) is 3.15. The normalized spacial score (nSPS) is 39.6. The van der Waals surface area contributed by atoms with Gasteiger partial charge in [-0.2, -0.15) is 0 Å². The maximum absolute atomic E-state index is 12.4. The first-order valence-electron chi connectivity index (χ1n) is 10.1. The van der Waals surface area contributed by atoms with E-state index in [0.29, 0.717) is 25.9 Å². The lowest BCUT2D eigenvalue weighted by molar-refractivity contribution is -0.143. The number of hydrogen-bond acceptors (Lipinski definition) is 6. The van der Waals surface area contributed by atoms with Crippen molar-refractivity contribution in [2.75, 3.05) is 20.3 Å². The van der Waals surface area contributed by atoms with Crippen molar-refractivity contribution in [3.63, 3.8) is 0 Å². The number of methoxy groups -OCH3 is 1. The molecule has 2 saturated carbocycles. The van der Waals surface area contributed by atoms with E-state index in [9.17, 15) is 14.7 Å². The number of carbonyl (C=O) groups is 2. The number of Topliss-reactive ketones (excluding diaryl/α,β-unsaturated/α-hetero) is 1. The Morgan fingerprint density at radius 1 is 1.37 bits per heavy atom. The summed E-state index contributed by atoms with van der Waals surface area (Å²) in [4.78, 5) is 23.7. The predicted octanol–water partition coefficient (Wildman–Crippen LogP) is 2.57. The highest BCUT2D eigenvalue weighted by molar-refractivity contribution is 5.96. The average molecular weight is 380 g/mol. The first-order chi connectivity index (χ1) is 12.9. The smallest absolute Gasteiger partial charge is 0.305 e. The summed E-state index contributed by atoms with van der Waals surface area (Å²) in [6, 6.07) is 0. The molecule has 0 aromatic heterocycles. The molecule has 1 aliphatic heterocycles. The molecule has 2 aliphatic carbocycles. The number of aliphatic hydroxyl groups excluding tert-OH is 1. The van der Waals surface area contributed by atoms with Gasteiger partial charge in [-0.15, -0.1) is 0 Å². The molecule has 0 bridgehead atoms. The number of rotatable bonds is 11. The summed E-state index contributed by atoms with van der Waals surface area (Å²) in [6.45, 7) is 4.27. The number of allylic oxidation sites excluding steroid dienone is 1. The maximum Gasteiger partial charge on any atom is 0.305 e. The van der Waals surface area contributed by atoms with Crippen LogP contribution in [0.1, 0.15) is 58.8 Å². The largest absolute Gasteiger partial charge is 0.466 e. The van der Waals surface area contributed by atoms with Gasteiger partial charge in [-0.05, 0) is 46.0 Å². The lowest BCUT2D eigenvalue weighted by Gasteiger charge is -2.14. The van der Waals surface area contributed by atoms with Gasteiger partial charge in [-0.25, -0.2) is 0 Å². The second kappa shape index (κ2) is 7.64. The van der Waals surface area contributed by atoms with Crippen LogP contribution in [-0.2, 0) is 23.8 Å². The van der Waals surface area contributed by atoms with E-state index >= 15 is 0 Å². The molecule has 1 heterocycles. The van der Waals surface area contributed by atoms with E-state index < -0.39 is 16.6 Å². The van der Waals surface area contributed by atoms with E-state index in [1.807, 2.05) is 13.8 Å². The summed E-state index contributed by atoms with van der Waals surface area (Å²) in [7, 11) is 1.57. The molecule has 1 N–H and O–H groups in total. The Kier molecular flexibility index (Phi) is 5.80. The third-order valence-electron chi connectivity index (χ3n) is 6.81. The molecule has 0 aromatic rings. The van der Waals surface area contributed by atoms with Crippen LogP contribution in [0, 0.1) is 11.3 Å². The van der Waals surface area contributed by atoms with Gasteiger partial charge in [0.25, 0.3) is 0 Å². The minimum absolute atomic E-state index is 0.0285. The second-order valence-corrected chi connectivity index (χ2v) is 8.16. The Labute approximate surface area is 161 Å². The van der Waals surface area contributed by atoms with Crippen LogP contribution >= 0.6 is 0 Å². The predicted molar refractivity (Wildman–Crippen MR) is 99.1 cm³/mol. The fourth-order valence-electron chi connectivity index (χ4n) is 5.44. The van der Waals surface area contributed by atoms with Crippen LogP contribution in [0.5, 0.6) is 0 Å². The molecule has 1 saturated heterocycles. The monoisotopic (exact) mass is 380 g/mol. The average Bonchev–Trinajstić information content (AvgIpc) is 3.47. The van der Waals surface area contributed by atoms with E-state index in [1.165, 1.54) is 0 Å². The molecule has 27 heavy (non-hydrogen) atoms. The molecule has 0 radical (unpaired) electrons. The topological polar surface area (TPSA) is 85.4 Å². The van der Waals surface area contributed by atoms with Crippen molar-refractivity contribution in [1.82, 2.24) is 0 Å². The summed E-state index contributed by atoms with van der Waals surface area (Å²) in [6.07, 6.45) is 9.45. The highest BCUT2D eigenvalue weighted by Crippen LogP contribution is 2.78. The Bertz CT molecular complexity index is 616. The van der Waals surface area contributed by atoms with Crippen molar-refractivity contribution in [1.29, 1.82) is 0 Å². The van der Waals surface area contributed by atoms with Gasteiger partial charge in [0.2, 0.25) is 0 Å². The zero-order chi connectivity index (χ0) is 19.7. The SMILES string of the molecule is CCOC(=O)CCCC/C=C/C[C@H]1O[C@]1(C)[C@@H]1[C@]2(CO)CCC(=O)[C@]12OC. The summed E-state index contributed by atoms with van der Waals surface area (Å²) in [5.74, 6) is -0.0774. The highest BCUT2D eigenvalue weighted by atomic mass is 16.6. The van der Waals surface area contributed by atoms with E-state index in [1.54, 1.807) is 7.11 Å². The minimum Gasteiger partial charge on any atom is -0.466 e. The van der Waals surface area contributed by atoms with E-state index in [4.69, 9.17) is 14.2 Å². The molecule has 5 atom stereocenters. The van der Waals surface area contributed by atoms with Gasteiger partial charge in [-0.1, -0.05) is 12.2 Å². The molecule has 152 valence electrons. The first kappa shape index (κ1) is 20.5. The lowest BCUT2D eigenvalue weighted by atomic mass is 9.89. The van der Waals surface area contributed by atoms with Crippen LogP contribution in [0.2, 0.25) is 0 Å². The van der Waals surface area contributed by atoms with E-state index in [-0.39, 0.29) is 30.4 Å². The number of ketones is 1. The molecule has 6 nitrogen and oxygen atoms in total. The van der Waals surface area contributed by atoms with Gasteiger partial charge >= 0.3 is 5.97 Å². The van der Waals surface area contributed by atoms with Crippen LogP contribution < -0.4 is 0 Å². The van der Waals surface area contributed by atoms with Crippen LogP contribution in [0.4, 0.5) is 0 Å². The lowest BCUT2D eigenvalue weighted by Crippen LogP contribution is -2.31. The van der Waals surface area contributed by atoms with Crippen molar-refractivity contribution in [3.05, 3.63) is 12.2 Å². The first-order valence-corrected chi connectivity index (χ1v) is 10.1. The van der Waals surface area contributed by atoms with Gasteiger partial charge in [0.1, 0.15) is 5.60 Å². The molecule has 0 unspecified atom stereocenters. The third-order valence-corrected chi connectivity index (χ3v) is 6.81. The van der Waals surface area contributed by atoms with E-state index in [2.05, 4.69) is 12.2 Å². The standard InChI is InChI=1S/C21H32O6/c1-4-26-17(24)11-9-7-5-6-8-10-16-19(2,27-16)18-20(14-22)13-12-15(23)21(18,20)25-3/h6,8,16,18,22H,4-5,7,9-14H2,1-3H3/b8-6+/t16-,18-,19+,20-,21+/m1/s1. The highest BCUT2D eigenvalue weighted by Gasteiger charge is 2.90. The number of carbonyl (C=O) groups excluding carboxylic acids is 2. The van der Waals surface area contributed by atoms with Gasteiger partial charge in [0.05, 0.1) is 24.9 Å². The van der Waals surface area contributed by atoms with Crippen molar-refractivity contribution in [2.24, 2.45) is 11.3 Å². The summed E-state index contributed by atoms with van der Waals surface area (Å²) in [5.41, 5.74) is -1.70. The molecular formula is C21H32O6. The molecule has 6 heteroatoms. The quantitative estimate of drug-likeness (QED) is 0.257. The summed E-state index contributed by atoms with van der Waals surface area (Å²) < 4.78 is 16.6. The molecule has 3 aliphatic rings. The minimum atomic E-state index is -0.845. The van der Waals surface area contributed by atoms with Gasteiger partial charge in [0, 0.05) is 31.3 Å². The van der Waals surface area contributed by atoms with Gasteiger partial charge < -0.3 is 19.3 Å². The maximum atomic E-state index is 12.4. The Balaban J connectivity index is 1.43. The van der Waals surface area contributed by atoms with Crippen molar-refractivity contribution in [3.8, 4) is 0 Å². The molecule has 0 spiro atoms. The van der Waals surface area contributed by atoms with E-state index in [0.717, 1.165) is 25.7 Å². The fraction of sp³-hybridized carbons (Fsp3) is 0.810. The number of unbranched alkanes of at least 4 members (excludes halogenated alkanes) is 2. The number of fused-ring (bicyclic) bond motifs is 1. The Morgan fingerprint density at radius 3 is 2.78 bits per heavy atom. The van der Waals surface area contributed by atoms with Crippen LogP contribution in [-0.4, -0.2) is 54.5 Å². The van der Waals surface area contributed by atoms with Gasteiger partial charge in [0.15, 0.2) is 5.78 Å². The molecule has 0 aromatic carbocycles. The summed E-state index contributed by atoms with van der Waals surface area (Å²) >= 11 is 0. The van der Waals surface area contributed by atoms with Crippen molar-refractivity contribution < 1.29 is 28.9 Å². The van der Waals surface area contributed by atoms with Gasteiger partial charge in [-0.3, -0.25) is 9.59 Å². The van der Waals surface area contributed by atoms with Crippen molar-refractivity contribution in [2.45, 2.75) is 76.1 Å². The number of ether oxygens (including phenoxy) is 3. The molecule has 3 rings (SSSR count). The van der Waals surface area contributed by atoms with Crippen LogP contribution in [0.15, 0.2) is 12.2 Å². The van der Waals surface area contributed by atoms with Crippen molar-refractivity contribution >= 4 is 11.8 Å². The zero-order valence-electron chi connectivity index (χ0n) is 16.7. The molecule has 0 amide bonds. The number of esters is 1. The fourth-order valence-corrected chi connectivity index (χ4v) is 5.44. The Hall–Kier alpha value is -1.24. The number of epoxide rings is 1. The molecular weight excluding hydrogens is 348 g/mol. The van der Waals surface area contributed by atoms with Crippen LogP contribution in [0.3, 0.4) is 0 Å². The zero-order valence-corrected chi connectivity index (χ0v) is 16.7. The number of aliphatic hydroxyl groups is 1. The summed E-state index contributed by atoms with van der Waals surface area (Å²) in [5, 5.41) is 9.96. The van der Waals surface area contributed by atoms with Crippen LogP contribution in [0.25, 0.3) is 0 Å². The number of hydrogen-bond donors (Lipinski definition) is 1. The Morgan fingerprint density at radius 2 is 2.15 bits per heavy atom.